The third-order valence-electron chi connectivity index (χ3n) is 3.84. The molecular weight excluding hydrogens is 214 g/mol. The lowest BCUT2D eigenvalue weighted by Crippen LogP contribution is -2.47. The Bertz CT molecular complexity index is 333. The molecule has 0 saturated heterocycles. The van der Waals surface area contributed by atoms with Gasteiger partial charge in [0.25, 0.3) is 0 Å². The number of hydrogen-bond acceptors (Lipinski definition) is 3. The van der Waals surface area contributed by atoms with Gasteiger partial charge >= 0.3 is 0 Å². The molecule has 1 heterocycles. The van der Waals surface area contributed by atoms with Gasteiger partial charge in [0.05, 0.1) is 11.7 Å². The molecule has 0 aliphatic heterocycles. The fraction of sp³-hybridized carbons (Fsp3) is 0.643. The van der Waals surface area contributed by atoms with Gasteiger partial charge in [-0.1, -0.05) is 25.3 Å². The van der Waals surface area contributed by atoms with Crippen molar-refractivity contribution < 1.29 is 9.84 Å². The molecule has 94 valence electrons. The van der Waals surface area contributed by atoms with Crippen LogP contribution in [0, 0.1) is 0 Å². The zero-order valence-corrected chi connectivity index (χ0v) is 10.4. The lowest BCUT2D eigenvalue weighted by atomic mass is 9.79. The van der Waals surface area contributed by atoms with Crippen molar-refractivity contribution in [2.45, 2.75) is 50.2 Å². The summed E-state index contributed by atoms with van der Waals surface area (Å²) in [5.74, 6) is 0. The van der Waals surface area contributed by atoms with Crippen molar-refractivity contribution in [2.75, 3.05) is 7.11 Å². The van der Waals surface area contributed by atoms with Crippen molar-refractivity contribution >= 4 is 0 Å². The van der Waals surface area contributed by atoms with Crippen molar-refractivity contribution in [2.24, 2.45) is 0 Å². The minimum atomic E-state index is -0.456. The zero-order chi connectivity index (χ0) is 12.1. The highest BCUT2D eigenvalue weighted by Crippen LogP contribution is 2.35. The number of ether oxygens (including phenoxy) is 1. The van der Waals surface area contributed by atoms with E-state index in [-0.39, 0.29) is 5.60 Å². The Balaban J connectivity index is 2.04. The van der Waals surface area contributed by atoms with E-state index in [4.69, 9.17) is 4.74 Å². The smallest absolute Gasteiger partial charge is 0.0940 e. The second-order valence-electron chi connectivity index (χ2n) is 4.87. The van der Waals surface area contributed by atoms with Gasteiger partial charge in [0.1, 0.15) is 0 Å². The standard InChI is InChI=1S/C14H21NO2/c1-17-14(8-4-2-5-9-14)13(16)11-12-7-3-6-10-15-12/h3,6-7,10,13,16H,2,4-5,8-9,11H2,1H3. The molecule has 0 bridgehead atoms. The molecule has 1 N–H and O–H groups in total. The van der Waals surface area contributed by atoms with Crippen LogP contribution in [0.4, 0.5) is 0 Å². The quantitative estimate of drug-likeness (QED) is 0.871. The Morgan fingerprint density at radius 1 is 1.35 bits per heavy atom. The van der Waals surface area contributed by atoms with Gasteiger partial charge in [0.15, 0.2) is 0 Å². The number of pyridine rings is 1. The number of aliphatic hydroxyl groups excluding tert-OH is 1. The van der Waals surface area contributed by atoms with Crippen LogP contribution in [0.3, 0.4) is 0 Å². The van der Waals surface area contributed by atoms with Crippen LogP contribution in [0.25, 0.3) is 0 Å². The van der Waals surface area contributed by atoms with E-state index in [0.717, 1.165) is 31.4 Å². The maximum Gasteiger partial charge on any atom is 0.0940 e. The van der Waals surface area contributed by atoms with Gasteiger partial charge in [-0.3, -0.25) is 4.98 Å². The number of aromatic nitrogens is 1. The van der Waals surface area contributed by atoms with E-state index in [1.54, 1.807) is 13.3 Å². The Labute approximate surface area is 103 Å². The zero-order valence-electron chi connectivity index (χ0n) is 10.4. The number of aliphatic hydroxyl groups is 1. The fourth-order valence-electron chi connectivity index (χ4n) is 2.73. The molecule has 0 spiro atoms. The van der Waals surface area contributed by atoms with E-state index in [1.165, 1.54) is 6.42 Å². The molecular formula is C14H21NO2. The molecule has 1 aromatic rings. The van der Waals surface area contributed by atoms with Gasteiger partial charge in [0.2, 0.25) is 0 Å². The highest BCUT2D eigenvalue weighted by molar-refractivity contribution is 5.07. The molecule has 1 fully saturated rings. The van der Waals surface area contributed by atoms with Crippen molar-refractivity contribution in [3.8, 4) is 0 Å². The van der Waals surface area contributed by atoms with Gasteiger partial charge in [-0.25, -0.2) is 0 Å². The van der Waals surface area contributed by atoms with Gasteiger partial charge in [0, 0.05) is 25.4 Å². The first-order chi connectivity index (χ1) is 8.27. The summed E-state index contributed by atoms with van der Waals surface area (Å²) < 4.78 is 5.63. The van der Waals surface area contributed by atoms with E-state index in [9.17, 15) is 5.11 Å². The van der Waals surface area contributed by atoms with Crippen LogP contribution in [0.2, 0.25) is 0 Å². The van der Waals surface area contributed by atoms with Gasteiger partial charge in [-0.15, -0.1) is 0 Å². The van der Waals surface area contributed by atoms with Crippen LogP contribution in [0.5, 0.6) is 0 Å². The third-order valence-corrected chi connectivity index (χ3v) is 3.84. The van der Waals surface area contributed by atoms with Gasteiger partial charge < -0.3 is 9.84 Å². The number of rotatable bonds is 4. The predicted molar refractivity (Wildman–Crippen MR) is 66.8 cm³/mol. The van der Waals surface area contributed by atoms with Crippen molar-refractivity contribution in [3.05, 3.63) is 30.1 Å². The van der Waals surface area contributed by atoms with Crippen LogP contribution in [-0.2, 0) is 11.2 Å². The van der Waals surface area contributed by atoms with E-state index < -0.39 is 6.10 Å². The molecule has 0 radical (unpaired) electrons. The molecule has 0 aromatic carbocycles. The summed E-state index contributed by atoms with van der Waals surface area (Å²) in [6.45, 7) is 0. The predicted octanol–water partition coefficient (Wildman–Crippen LogP) is 2.33. The number of hydrogen-bond donors (Lipinski definition) is 1. The Hall–Kier alpha value is -0.930. The van der Waals surface area contributed by atoms with Gasteiger partial charge in [-0.2, -0.15) is 0 Å². The van der Waals surface area contributed by atoms with E-state index >= 15 is 0 Å². The first kappa shape index (κ1) is 12.5. The van der Waals surface area contributed by atoms with E-state index in [0.29, 0.717) is 6.42 Å². The van der Waals surface area contributed by atoms with E-state index in [2.05, 4.69) is 4.98 Å². The topological polar surface area (TPSA) is 42.4 Å². The highest BCUT2D eigenvalue weighted by atomic mass is 16.5. The summed E-state index contributed by atoms with van der Waals surface area (Å²) in [5, 5.41) is 10.4. The molecule has 2 rings (SSSR count). The average molecular weight is 235 g/mol. The Morgan fingerprint density at radius 2 is 2.12 bits per heavy atom. The number of methoxy groups -OCH3 is 1. The van der Waals surface area contributed by atoms with Crippen molar-refractivity contribution in [1.29, 1.82) is 0 Å². The SMILES string of the molecule is COC1(C(O)Cc2ccccn2)CCCCC1. The van der Waals surface area contributed by atoms with Crippen molar-refractivity contribution in [1.82, 2.24) is 4.98 Å². The van der Waals surface area contributed by atoms with Crippen LogP contribution < -0.4 is 0 Å². The molecule has 1 aliphatic carbocycles. The largest absolute Gasteiger partial charge is 0.390 e. The van der Waals surface area contributed by atoms with Crippen LogP contribution >= 0.6 is 0 Å². The molecule has 0 amide bonds. The fourth-order valence-corrected chi connectivity index (χ4v) is 2.73. The second-order valence-corrected chi connectivity index (χ2v) is 4.87. The highest BCUT2D eigenvalue weighted by Gasteiger charge is 2.39. The Kier molecular flexibility index (Phi) is 4.13. The van der Waals surface area contributed by atoms with Crippen molar-refractivity contribution in [3.63, 3.8) is 0 Å². The maximum atomic E-state index is 10.4. The molecule has 1 unspecified atom stereocenters. The van der Waals surface area contributed by atoms with Gasteiger partial charge in [-0.05, 0) is 25.0 Å². The summed E-state index contributed by atoms with van der Waals surface area (Å²) in [5.41, 5.74) is 0.581. The minimum Gasteiger partial charge on any atom is -0.390 e. The molecule has 17 heavy (non-hydrogen) atoms. The van der Waals surface area contributed by atoms with Crippen LogP contribution in [-0.4, -0.2) is 28.9 Å². The lowest BCUT2D eigenvalue weighted by Gasteiger charge is -2.39. The average Bonchev–Trinajstić information content (AvgIpc) is 2.40. The first-order valence-corrected chi connectivity index (χ1v) is 6.40. The minimum absolute atomic E-state index is 0.351. The molecule has 3 nitrogen and oxygen atoms in total. The summed E-state index contributed by atoms with van der Waals surface area (Å²) in [6.07, 6.45) is 7.34. The summed E-state index contributed by atoms with van der Waals surface area (Å²) in [6, 6.07) is 5.80. The molecule has 1 saturated carbocycles. The van der Waals surface area contributed by atoms with Crippen LogP contribution in [0.1, 0.15) is 37.8 Å². The lowest BCUT2D eigenvalue weighted by molar-refractivity contribution is -0.122. The summed E-state index contributed by atoms with van der Waals surface area (Å²) in [7, 11) is 1.72. The molecule has 1 atom stereocenters. The maximum absolute atomic E-state index is 10.4. The van der Waals surface area contributed by atoms with Crippen LogP contribution in [0.15, 0.2) is 24.4 Å². The monoisotopic (exact) mass is 235 g/mol. The van der Waals surface area contributed by atoms with E-state index in [1.807, 2.05) is 18.2 Å². The Morgan fingerprint density at radius 3 is 2.71 bits per heavy atom. The normalized spacial score (nSPS) is 21.1. The molecule has 3 heteroatoms. The third kappa shape index (κ3) is 2.85. The summed E-state index contributed by atoms with van der Waals surface area (Å²) >= 11 is 0. The first-order valence-electron chi connectivity index (χ1n) is 6.40. The summed E-state index contributed by atoms with van der Waals surface area (Å²) in [4.78, 5) is 4.26. The molecule has 1 aromatic heterocycles. The molecule has 1 aliphatic rings. The number of nitrogens with zero attached hydrogens (tertiary/aromatic N) is 1. The second kappa shape index (κ2) is 5.61.